The molecule has 1 aromatic carbocycles. The molecule has 0 spiro atoms. The monoisotopic (exact) mass is 499 g/mol. The van der Waals surface area contributed by atoms with Gasteiger partial charge in [0.1, 0.15) is 23.6 Å². The van der Waals surface area contributed by atoms with Crippen molar-refractivity contribution in [3.63, 3.8) is 0 Å². The molecule has 0 unspecified atom stereocenters. The zero-order valence-electron chi connectivity index (χ0n) is 18.7. The number of pyridine rings is 1. The van der Waals surface area contributed by atoms with E-state index in [1.807, 2.05) is 0 Å². The maximum absolute atomic E-state index is 14.4. The van der Waals surface area contributed by atoms with E-state index in [0.717, 1.165) is 6.07 Å². The number of nitrogens with zero attached hydrogens (tertiary/aromatic N) is 4. The van der Waals surface area contributed by atoms with Gasteiger partial charge in [-0.25, -0.2) is 23.1 Å². The molecule has 1 aliphatic heterocycles. The first-order valence-corrected chi connectivity index (χ1v) is 11.0. The van der Waals surface area contributed by atoms with Gasteiger partial charge in [0.2, 0.25) is 0 Å². The van der Waals surface area contributed by atoms with Gasteiger partial charge in [-0.05, 0) is 37.9 Å². The van der Waals surface area contributed by atoms with Crippen LogP contribution in [0.4, 0.5) is 32.2 Å². The number of halogens is 6. The van der Waals surface area contributed by atoms with Crippen molar-refractivity contribution in [2.24, 2.45) is 7.05 Å². The fraction of sp³-hybridized carbons (Fsp3) is 0.435. The SMILES string of the molecule is Cn1c(=O)c(C2CCN(CC(F)(F)F)CC2)cc2c(NCc3cccc(C(F)F)c3F)ncnc21. The van der Waals surface area contributed by atoms with E-state index >= 15 is 0 Å². The largest absolute Gasteiger partial charge is 0.401 e. The Balaban J connectivity index is 1.61. The minimum absolute atomic E-state index is 0.0247. The maximum Gasteiger partial charge on any atom is 0.401 e. The van der Waals surface area contributed by atoms with Crippen LogP contribution in [0.2, 0.25) is 0 Å². The standard InChI is InChI=1S/C23H23F6N5O/c1-33-21-17(9-16(22(33)35)13-5-7-34(8-6-13)11-23(27,28)29)20(31-12-32-21)30-10-14-3-2-4-15(18(14)24)19(25)26/h2-4,9,12-13,19H,5-8,10-11H2,1H3,(H,30,31,32). The predicted molar refractivity (Wildman–Crippen MR) is 118 cm³/mol. The highest BCUT2D eigenvalue weighted by Crippen LogP contribution is 2.31. The van der Waals surface area contributed by atoms with Crippen LogP contribution >= 0.6 is 0 Å². The highest BCUT2D eigenvalue weighted by atomic mass is 19.4. The summed E-state index contributed by atoms with van der Waals surface area (Å²) in [5, 5.41) is 3.40. The van der Waals surface area contributed by atoms with E-state index < -0.39 is 30.5 Å². The number of rotatable bonds is 6. The number of nitrogens with one attached hydrogen (secondary N) is 1. The Bertz CT molecular complexity index is 1270. The third kappa shape index (κ3) is 5.42. The molecule has 3 heterocycles. The zero-order valence-corrected chi connectivity index (χ0v) is 18.7. The lowest BCUT2D eigenvalue weighted by atomic mass is 9.89. The third-order valence-electron chi connectivity index (χ3n) is 6.25. The van der Waals surface area contributed by atoms with Crippen molar-refractivity contribution < 1.29 is 26.3 Å². The van der Waals surface area contributed by atoms with Gasteiger partial charge in [0.05, 0.1) is 17.5 Å². The van der Waals surface area contributed by atoms with Gasteiger partial charge in [-0.3, -0.25) is 14.3 Å². The van der Waals surface area contributed by atoms with Crippen LogP contribution in [0.25, 0.3) is 11.0 Å². The molecule has 1 N–H and O–H groups in total. The number of likely N-dealkylation sites (tertiary alicyclic amines) is 1. The molecule has 0 bridgehead atoms. The zero-order chi connectivity index (χ0) is 25.3. The van der Waals surface area contributed by atoms with Gasteiger partial charge < -0.3 is 5.32 Å². The second kappa shape index (κ2) is 9.84. The lowest BCUT2D eigenvalue weighted by Crippen LogP contribution is -2.40. The molecule has 2 aromatic heterocycles. The Morgan fingerprint density at radius 1 is 1.17 bits per heavy atom. The van der Waals surface area contributed by atoms with Crippen molar-refractivity contribution in [2.75, 3.05) is 25.0 Å². The van der Waals surface area contributed by atoms with Crippen LogP contribution in [0.3, 0.4) is 0 Å². The molecule has 1 saturated heterocycles. The first-order chi connectivity index (χ1) is 16.5. The molecule has 0 amide bonds. The Labute approximate surface area is 196 Å². The number of fused-ring (bicyclic) bond motifs is 1. The minimum Gasteiger partial charge on any atom is -0.365 e. The Kier molecular flexibility index (Phi) is 7.02. The van der Waals surface area contributed by atoms with Crippen LogP contribution in [0.5, 0.6) is 0 Å². The molecule has 1 fully saturated rings. The van der Waals surface area contributed by atoms with Crippen molar-refractivity contribution in [3.05, 3.63) is 63.5 Å². The number of anilines is 1. The van der Waals surface area contributed by atoms with Gasteiger partial charge in [0, 0.05) is 24.7 Å². The predicted octanol–water partition coefficient (Wildman–Crippen LogP) is 4.76. The van der Waals surface area contributed by atoms with Crippen LogP contribution < -0.4 is 10.9 Å². The molecule has 4 rings (SSSR count). The number of aromatic nitrogens is 3. The molecule has 0 aliphatic carbocycles. The van der Waals surface area contributed by atoms with Gasteiger partial charge >= 0.3 is 6.18 Å². The van der Waals surface area contributed by atoms with E-state index in [2.05, 4.69) is 15.3 Å². The lowest BCUT2D eigenvalue weighted by Gasteiger charge is -2.32. The van der Waals surface area contributed by atoms with Crippen molar-refractivity contribution in [1.82, 2.24) is 19.4 Å². The molecule has 3 aromatic rings. The molecule has 1 aliphatic rings. The van der Waals surface area contributed by atoms with Crippen LogP contribution in [0.1, 0.15) is 41.9 Å². The summed E-state index contributed by atoms with van der Waals surface area (Å²) in [4.78, 5) is 22.6. The van der Waals surface area contributed by atoms with Gasteiger partial charge in [-0.15, -0.1) is 0 Å². The second-order valence-corrected chi connectivity index (χ2v) is 8.56. The van der Waals surface area contributed by atoms with Gasteiger partial charge in [-0.1, -0.05) is 18.2 Å². The first kappa shape index (κ1) is 25.0. The molecule has 35 heavy (non-hydrogen) atoms. The summed E-state index contributed by atoms with van der Waals surface area (Å²) in [6, 6.07) is 5.36. The summed E-state index contributed by atoms with van der Waals surface area (Å²) >= 11 is 0. The fourth-order valence-electron chi connectivity index (χ4n) is 4.47. The molecule has 188 valence electrons. The van der Waals surface area contributed by atoms with Crippen LogP contribution in [0.15, 0.2) is 35.4 Å². The van der Waals surface area contributed by atoms with Crippen molar-refractivity contribution in [3.8, 4) is 0 Å². The smallest absolute Gasteiger partial charge is 0.365 e. The van der Waals surface area contributed by atoms with E-state index in [1.54, 1.807) is 6.07 Å². The van der Waals surface area contributed by atoms with Gasteiger partial charge in [0.15, 0.2) is 0 Å². The van der Waals surface area contributed by atoms with E-state index in [-0.39, 0.29) is 42.5 Å². The highest BCUT2D eigenvalue weighted by molar-refractivity contribution is 5.87. The number of aryl methyl sites for hydroxylation is 1. The second-order valence-electron chi connectivity index (χ2n) is 8.56. The highest BCUT2D eigenvalue weighted by Gasteiger charge is 2.33. The van der Waals surface area contributed by atoms with Gasteiger partial charge in [-0.2, -0.15) is 13.2 Å². The van der Waals surface area contributed by atoms with Crippen molar-refractivity contribution in [2.45, 2.75) is 37.9 Å². The summed E-state index contributed by atoms with van der Waals surface area (Å²) in [6.07, 6.45) is -5.23. The summed E-state index contributed by atoms with van der Waals surface area (Å²) in [5.41, 5.74) is -0.218. The number of hydrogen-bond donors (Lipinski definition) is 1. The van der Waals surface area contributed by atoms with Crippen molar-refractivity contribution >= 4 is 16.9 Å². The van der Waals surface area contributed by atoms with Crippen LogP contribution in [-0.2, 0) is 13.6 Å². The lowest BCUT2D eigenvalue weighted by molar-refractivity contribution is -0.147. The number of hydrogen-bond acceptors (Lipinski definition) is 5. The average Bonchev–Trinajstić information content (AvgIpc) is 2.80. The number of piperidine rings is 1. The van der Waals surface area contributed by atoms with Crippen molar-refractivity contribution in [1.29, 1.82) is 0 Å². The Hall–Kier alpha value is -3.15. The Morgan fingerprint density at radius 2 is 1.89 bits per heavy atom. The quantitative estimate of drug-likeness (QED) is 0.496. The minimum atomic E-state index is -4.28. The molecule has 0 saturated carbocycles. The van der Waals surface area contributed by atoms with Crippen LogP contribution in [0, 0.1) is 5.82 Å². The molecule has 0 radical (unpaired) electrons. The topological polar surface area (TPSA) is 63.1 Å². The van der Waals surface area contributed by atoms with E-state index in [4.69, 9.17) is 0 Å². The molecule has 0 atom stereocenters. The molecule has 12 heteroatoms. The maximum atomic E-state index is 14.4. The number of alkyl halides is 5. The summed E-state index contributed by atoms with van der Waals surface area (Å²) in [6.45, 7) is -0.698. The third-order valence-corrected chi connectivity index (χ3v) is 6.25. The average molecular weight is 499 g/mol. The number of benzene rings is 1. The summed E-state index contributed by atoms with van der Waals surface area (Å²) < 4.78 is 79.9. The summed E-state index contributed by atoms with van der Waals surface area (Å²) in [5.74, 6) is -0.967. The normalized spacial score (nSPS) is 15.8. The molecular formula is C23H23F6N5O. The first-order valence-electron chi connectivity index (χ1n) is 11.0. The van der Waals surface area contributed by atoms with E-state index in [9.17, 15) is 31.1 Å². The van der Waals surface area contributed by atoms with E-state index in [0.29, 0.717) is 29.4 Å². The van der Waals surface area contributed by atoms with Crippen LogP contribution in [-0.4, -0.2) is 45.2 Å². The van der Waals surface area contributed by atoms with Gasteiger partial charge in [0.25, 0.3) is 12.0 Å². The summed E-state index contributed by atoms with van der Waals surface area (Å²) in [7, 11) is 1.54. The molecular weight excluding hydrogens is 476 g/mol. The Morgan fingerprint density at radius 3 is 2.54 bits per heavy atom. The molecule has 6 nitrogen and oxygen atoms in total. The fourth-order valence-corrected chi connectivity index (χ4v) is 4.47. The van der Waals surface area contributed by atoms with E-state index in [1.165, 1.54) is 35.0 Å².